The first-order valence-corrected chi connectivity index (χ1v) is 5.52. The van der Waals surface area contributed by atoms with Crippen LogP contribution in [0.1, 0.15) is 29.2 Å². The van der Waals surface area contributed by atoms with E-state index in [1.54, 1.807) is 0 Å². The van der Waals surface area contributed by atoms with Gasteiger partial charge in [-0.15, -0.1) is 0 Å². The maximum atomic E-state index is 5.61. The summed E-state index contributed by atoms with van der Waals surface area (Å²) in [6.45, 7) is 3.77. The minimum atomic E-state index is 0.502. The van der Waals surface area contributed by atoms with Crippen molar-refractivity contribution in [1.82, 2.24) is 4.90 Å². The quantitative estimate of drug-likeness (QED) is 0.698. The van der Waals surface area contributed by atoms with Crippen LogP contribution in [0, 0.1) is 6.92 Å². The Morgan fingerprint density at radius 2 is 2.13 bits per heavy atom. The van der Waals surface area contributed by atoms with Crippen LogP contribution in [0.5, 0.6) is 0 Å². The molecule has 0 fully saturated rings. The molecule has 0 amide bonds. The second kappa shape index (κ2) is 4.33. The van der Waals surface area contributed by atoms with Crippen molar-refractivity contribution in [1.29, 1.82) is 0 Å². The van der Waals surface area contributed by atoms with E-state index in [4.69, 9.17) is 4.74 Å². The van der Waals surface area contributed by atoms with E-state index in [9.17, 15) is 0 Å². The summed E-state index contributed by atoms with van der Waals surface area (Å²) in [7, 11) is 4.28. The highest BCUT2D eigenvalue weighted by atomic mass is 16.5. The lowest BCUT2D eigenvalue weighted by atomic mass is 9.96. The van der Waals surface area contributed by atoms with Crippen LogP contribution in [0.2, 0.25) is 0 Å². The molecule has 2 nitrogen and oxygen atoms in total. The van der Waals surface area contributed by atoms with E-state index in [0.717, 1.165) is 19.6 Å². The van der Waals surface area contributed by atoms with E-state index < -0.39 is 0 Å². The number of ether oxygens (including phenoxy) is 1. The molecule has 0 bridgehead atoms. The summed E-state index contributed by atoms with van der Waals surface area (Å²) in [6.07, 6.45) is 1.09. The van der Waals surface area contributed by atoms with Gasteiger partial charge in [0, 0.05) is 12.6 Å². The molecule has 82 valence electrons. The van der Waals surface area contributed by atoms with Gasteiger partial charge in [-0.1, -0.05) is 23.8 Å². The van der Waals surface area contributed by atoms with Gasteiger partial charge in [0.1, 0.15) is 0 Å². The molecular formula is C13H19NO. The molecule has 2 rings (SSSR count). The zero-order valence-electron chi connectivity index (χ0n) is 9.79. The van der Waals surface area contributed by atoms with Gasteiger partial charge < -0.3 is 9.64 Å². The van der Waals surface area contributed by atoms with Gasteiger partial charge in [-0.2, -0.15) is 0 Å². The Balaban J connectivity index is 2.42. The van der Waals surface area contributed by atoms with Crippen LogP contribution >= 0.6 is 0 Å². The first-order valence-electron chi connectivity index (χ1n) is 5.52. The smallest absolute Gasteiger partial charge is 0.0720 e. The lowest BCUT2D eigenvalue weighted by Gasteiger charge is -2.24. The largest absolute Gasteiger partial charge is 0.377 e. The van der Waals surface area contributed by atoms with Crippen LogP contribution in [0.25, 0.3) is 0 Å². The van der Waals surface area contributed by atoms with Crippen LogP contribution in [-0.2, 0) is 11.3 Å². The number of aryl methyl sites for hydroxylation is 1. The van der Waals surface area contributed by atoms with Gasteiger partial charge in [0.2, 0.25) is 0 Å². The molecule has 15 heavy (non-hydrogen) atoms. The third kappa shape index (κ3) is 2.21. The van der Waals surface area contributed by atoms with Crippen molar-refractivity contribution in [3.05, 3.63) is 34.9 Å². The Bertz CT molecular complexity index is 346. The fourth-order valence-electron chi connectivity index (χ4n) is 2.22. The second-order valence-corrected chi connectivity index (χ2v) is 4.52. The second-order valence-electron chi connectivity index (χ2n) is 4.52. The highest BCUT2D eigenvalue weighted by molar-refractivity contribution is 5.34. The zero-order valence-corrected chi connectivity index (χ0v) is 9.79. The van der Waals surface area contributed by atoms with Crippen molar-refractivity contribution >= 4 is 0 Å². The summed E-state index contributed by atoms with van der Waals surface area (Å²) < 4.78 is 5.61. The van der Waals surface area contributed by atoms with Gasteiger partial charge in [-0.3, -0.25) is 0 Å². The maximum Gasteiger partial charge on any atom is 0.0720 e. The first kappa shape index (κ1) is 10.7. The summed E-state index contributed by atoms with van der Waals surface area (Å²) in [4.78, 5) is 2.28. The molecule has 0 spiro atoms. The molecule has 0 aromatic heterocycles. The van der Waals surface area contributed by atoms with Crippen LogP contribution in [0.3, 0.4) is 0 Å². The van der Waals surface area contributed by atoms with Crippen molar-refractivity contribution in [2.45, 2.75) is 26.0 Å². The van der Waals surface area contributed by atoms with Gasteiger partial charge in [0.25, 0.3) is 0 Å². The summed E-state index contributed by atoms with van der Waals surface area (Å²) in [6, 6.07) is 7.17. The molecule has 1 aliphatic rings. The van der Waals surface area contributed by atoms with E-state index >= 15 is 0 Å². The van der Waals surface area contributed by atoms with Crippen molar-refractivity contribution in [3.8, 4) is 0 Å². The zero-order chi connectivity index (χ0) is 10.8. The Kier molecular flexibility index (Phi) is 3.08. The van der Waals surface area contributed by atoms with E-state index in [1.165, 1.54) is 16.7 Å². The maximum absolute atomic E-state index is 5.61. The number of nitrogens with zero attached hydrogens (tertiary/aromatic N) is 1. The molecule has 0 radical (unpaired) electrons. The molecular weight excluding hydrogens is 186 g/mol. The molecule has 1 unspecified atom stereocenters. The van der Waals surface area contributed by atoms with E-state index in [0.29, 0.717) is 6.04 Å². The van der Waals surface area contributed by atoms with Gasteiger partial charge in [-0.25, -0.2) is 0 Å². The number of hydrogen-bond acceptors (Lipinski definition) is 2. The molecule has 2 heteroatoms. The molecule has 1 aliphatic heterocycles. The van der Waals surface area contributed by atoms with Crippen molar-refractivity contribution in [2.24, 2.45) is 0 Å². The Hall–Kier alpha value is -0.860. The van der Waals surface area contributed by atoms with Crippen molar-refractivity contribution < 1.29 is 4.74 Å². The fourth-order valence-corrected chi connectivity index (χ4v) is 2.22. The molecule has 1 aromatic rings. The van der Waals surface area contributed by atoms with E-state index in [2.05, 4.69) is 44.1 Å². The Labute approximate surface area is 91.9 Å². The third-order valence-corrected chi connectivity index (χ3v) is 3.08. The molecule has 0 saturated heterocycles. The van der Waals surface area contributed by atoms with Crippen LogP contribution in [0.4, 0.5) is 0 Å². The predicted molar refractivity (Wildman–Crippen MR) is 61.9 cm³/mol. The number of fused-ring (bicyclic) bond motifs is 1. The molecule has 1 heterocycles. The third-order valence-electron chi connectivity index (χ3n) is 3.08. The van der Waals surface area contributed by atoms with E-state index in [1.807, 2.05) is 0 Å². The topological polar surface area (TPSA) is 12.5 Å². The summed E-state index contributed by atoms with van der Waals surface area (Å²) >= 11 is 0. The first-order chi connectivity index (χ1) is 7.18. The fraction of sp³-hybridized carbons (Fsp3) is 0.538. The summed E-state index contributed by atoms with van der Waals surface area (Å²) in [5.41, 5.74) is 4.12. The van der Waals surface area contributed by atoms with Crippen LogP contribution in [-0.4, -0.2) is 25.6 Å². The van der Waals surface area contributed by atoms with Crippen molar-refractivity contribution in [2.75, 3.05) is 20.7 Å². The Morgan fingerprint density at radius 1 is 1.33 bits per heavy atom. The van der Waals surface area contributed by atoms with Crippen LogP contribution < -0.4 is 0 Å². The van der Waals surface area contributed by atoms with Gasteiger partial charge in [-0.05, 0) is 38.6 Å². The van der Waals surface area contributed by atoms with Gasteiger partial charge in [0.15, 0.2) is 0 Å². The molecule has 0 N–H and O–H groups in total. The minimum absolute atomic E-state index is 0.502. The lowest BCUT2D eigenvalue weighted by Crippen LogP contribution is -2.21. The predicted octanol–water partition coefficient (Wildman–Crippen LogP) is 2.52. The lowest BCUT2D eigenvalue weighted by molar-refractivity contribution is 0.111. The number of hydrogen-bond donors (Lipinski definition) is 0. The van der Waals surface area contributed by atoms with E-state index in [-0.39, 0.29) is 0 Å². The highest BCUT2D eigenvalue weighted by Crippen LogP contribution is 2.29. The normalized spacial score (nSPS) is 21.2. The molecule has 0 saturated carbocycles. The summed E-state index contributed by atoms with van der Waals surface area (Å²) in [5.74, 6) is 0. The molecule has 1 aromatic carbocycles. The standard InChI is InChI=1S/C13H19NO/c1-10-4-5-11-9-15-7-6-13(14(2)3)12(11)8-10/h4-5,8,13H,6-7,9H2,1-3H3. The molecule has 1 atom stereocenters. The number of rotatable bonds is 1. The summed E-state index contributed by atoms with van der Waals surface area (Å²) in [5, 5.41) is 0. The van der Waals surface area contributed by atoms with Crippen molar-refractivity contribution in [3.63, 3.8) is 0 Å². The average molecular weight is 205 g/mol. The van der Waals surface area contributed by atoms with Crippen LogP contribution in [0.15, 0.2) is 18.2 Å². The highest BCUT2D eigenvalue weighted by Gasteiger charge is 2.20. The van der Waals surface area contributed by atoms with Gasteiger partial charge in [0.05, 0.1) is 6.61 Å². The Morgan fingerprint density at radius 3 is 2.87 bits per heavy atom. The SMILES string of the molecule is Cc1ccc2c(c1)C(N(C)C)CCOC2. The minimum Gasteiger partial charge on any atom is -0.377 e. The number of benzene rings is 1. The molecule has 0 aliphatic carbocycles. The average Bonchev–Trinajstić information content (AvgIpc) is 2.39. The van der Waals surface area contributed by atoms with Gasteiger partial charge >= 0.3 is 0 Å². The monoisotopic (exact) mass is 205 g/mol.